The lowest BCUT2D eigenvalue weighted by molar-refractivity contribution is 0.0703. The molecule has 0 aliphatic carbocycles. The topological polar surface area (TPSA) is 72.5 Å². The second-order valence-corrected chi connectivity index (χ2v) is 4.96. The van der Waals surface area contributed by atoms with E-state index in [2.05, 4.69) is 0 Å². The number of benzene rings is 1. The molecule has 0 atom stereocenters. The van der Waals surface area contributed by atoms with E-state index in [0.717, 1.165) is 27.3 Å². The van der Waals surface area contributed by atoms with Crippen LogP contribution in [0.5, 0.6) is 5.75 Å². The molecule has 1 aromatic carbocycles. The number of carboxylic acids is 1. The molecule has 94 valence electrons. The van der Waals surface area contributed by atoms with E-state index in [1.807, 2.05) is 25.1 Å². The normalized spacial score (nSPS) is 10.3. The monoisotopic (exact) mass is 263 g/mol. The van der Waals surface area contributed by atoms with E-state index in [1.54, 1.807) is 13.2 Å². The van der Waals surface area contributed by atoms with Crippen molar-refractivity contribution in [2.45, 2.75) is 6.92 Å². The van der Waals surface area contributed by atoms with Crippen molar-refractivity contribution in [2.24, 2.45) is 0 Å². The molecule has 1 aromatic heterocycles. The van der Waals surface area contributed by atoms with Crippen LogP contribution >= 0.6 is 11.3 Å². The highest BCUT2D eigenvalue weighted by molar-refractivity contribution is 7.18. The molecule has 0 aliphatic heterocycles. The van der Waals surface area contributed by atoms with E-state index in [4.69, 9.17) is 15.6 Å². The predicted octanol–water partition coefficient (Wildman–Crippen LogP) is 3.01. The second kappa shape index (κ2) is 4.70. The van der Waals surface area contributed by atoms with Crippen molar-refractivity contribution in [2.75, 3.05) is 12.8 Å². The van der Waals surface area contributed by atoms with E-state index < -0.39 is 5.97 Å². The zero-order chi connectivity index (χ0) is 13.3. The molecule has 2 aromatic rings. The smallest absolute Gasteiger partial charge is 0.348 e. The molecule has 3 N–H and O–H groups in total. The van der Waals surface area contributed by atoms with Gasteiger partial charge in [-0.15, -0.1) is 11.3 Å². The van der Waals surface area contributed by atoms with Gasteiger partial charge in [0, 0.05) is 10.4 Å². The third-order valence-corrected chi connectivity index (χ3v) is 3.75. The summed E-state index contributed by atoms with van der Waals surface area (Å²) in [5.41, 5.74) is 7.92. The quantitative estimate of drug-likeness (QED) is 0.892. The largest absolute Gasteiger partial charge is 0.496 e. The number of anilines is 1. The molecule has 0 spiro atoms. The Morgan fingerprint density at radius 1 is 1.39 bits per heavy atom. The van der Waals surface area contributed by atoms with E-state index in [9.17, 15) is 4.79 Å². The van der Waals surface area contributed by atoms with Crippen LogP contribution in [-0.2, 0) is 0 Å². The number of aromatic carboxylic acids is 1. The standard InChI is InChI=1S/C13H13NO3S/c1-7-3-4-10(17-2)8(5-7)11-6-9(14)12(18-11)13(15)16/h3-6H,14H2,1-2H3,(H,15,16). The number of nitrogen functional groups attached to an aromatic ring is 1. The minimum atomic E-state index is -1.00. The number of rotatable bonds is 3. The Bertz CT molecular complexity index is 604. The lowest BCUT2D eigenvalue weighted by Gasteiger charge is -2.07. The van der Waals surface area contributed by atoms with Crippen molar-refractivity contribution >= 4 is 23.0 Å². The van der Waals surface area contributed by atoms with Gasteiger partial charge in [-0.25, -0.2) is 4.79 Å². The van der Waals surface area contributed by atoms with E-state index in [0.29, 0.717) is 5.75 Å². The summed E-state index contributed by atoms with van der Waals surface area (Å²) in [6.45, 7) is 1.97. The van der Waals surface area contributed by atoms with Crippen molar-refractivity contribution in [3.8, 4) is 16.2 Å². The maximum atomic E-state index is 11.0. The number of aryl methyl sites for hydroxylation is 1. The zero-order valence-electron chi connectivity index (χ0n) is 10.1. The molecule has 0 saturated carbocycles. The molecule has 1 heterocycles. The highest BCUT2D eigenvalue weighted by Gasteiger charge is 2.16. The molecule has 0 bridgehead atoms. The summed E-state index contributed by atoms with van der Waals surface area (Å²) in [4.78, 5) is 11.9. The van der Waals surface area contributed by atoms with E-state index in [1.165, 1.54) is 0 Å². The van der Waals surface area contributed by atoms with Crippen LogP contribution in [0.1, 0.15) is 15.2 Å². The highest BCUT2D eigenvalue weighted by atomic mass is 32.1. The highest BCUT2D eigenvalue weighted by Crippen LogP contribution is 2.38. The van der Waals surface area contributed by atoms with Crippen LogP contribution in [0.25, 0.3) is 10.4 Å². The first-order valence-electron chi connectivity index (χ1n) is 5.30. The maximum absolute atomic E-state index is 11.0. The first-order chi connectivity index (χ1) is 8.52. The molecule has 0 aliphatic rings. The fourth-order valence-electron chi connectivity index (χ4n) is 1.72. The van der Waals surface area contributed by atoms with Crippen molar-refractivity contribution in [1.29, 1.82) is 0 Å². The summed E-state index contributed by atoms with van der Waals surface area (Å²) < 4.78 is 5.28. The lowest BCUT2D eigenvalue weighted by atomic mass is 10.1. The molecule has 2 rings (SSSR count). The molecule has 0 radical (unpaired) electrons. The van der Waals surface area contributed by atoms with E-state index >= 15 is 0 Å². The van der Waals surface area contributed by atoms with Gasteiger partial charge in [0.15, 0.2) is 0 Å². The van der Waals surface area contributed by atoms with Gasteiger partial charge in [0.2, 0.25) is 0 Å². The number of ether oxygens (including phenoxy) is 1. The Morgan fingerprint density at radius 2 is 2.11 bits per heavy atom. The number of carbonyl (C=O) groups is 1. The Balaban J connectivity index is 2.58. The van der Waals surface area contributed by atoms with Gasteiger partial charge in [-0.3, -0.25) is 0 Å². The minimum absolute atomic E-state index is 0.161. The maximum Gasteiger partial charge on any atom is 0.348 e. The third kappa shape index (κ3) is 2.17. The average Bonchev–Trinajstić information content (AvgIpc) is 2.71. The number of carboxylic acid groups (broad SMARTS) is 1. The van der Waals surface area contributed by atoms with Gasteiger partial charge in [0.05, 0.1) is 12.8 Å². The molecule has 4 nitrogen and oxygen atoms in total. The second-order valence-electron chi connectivity index (χ2n) is 3.90. The van der Waals surface area contributed by atoms with Crippen LogP contribution in [0.2, 0.25) is 0 Å². The number of nitrogens with two attached hydrogens (primary N) is 1. The first kappa shape index (κ1) is 12.4. The molecule has 0 fully saturated rings. The third-order valence-electron chi connectivity index (χ3n) is 2.58. The number of hydrogen-bond donors (Lipinski definition) is 2. The van der Waals surface area contributed by atoms with Gasteiger partial charge < -0.3 is 15.6 Å². The van der Waals surface area contributed by atoms with Crippen molar-refractivity contribution in [3.63, 3.8) is 0 Å². The van der Waals surface area contributed by atoms with Crippen LogP contribution in [0.3, 0.4) is 0 Å². The molecular weight excluding hydrogens is 250 g/mol. The Morgan fingerprint density at radius 3 is 2.67 bits per heavy atom. The first-order valence-corrected chi connectivity index (χ1v) is 6.12. The number of hydrogen-bond acceptors (Lipinski definition) is 4. The summed E-state index contributed by atoms with van der Waals surface area (Å²) in [7, 11) is 1.59. The SMILES string of the molecule is COc1ccc(C)cc1-c1cc(N)c(C(=O)O)s1. The van der Waals surface area contributed by atoms with Gasteiger partial charge in [0.1, 0.15) is 10.6 Å². The molecule has 0 saturated heterocycles. The van der Waals surface area contributed by atoms with Gasteiger partial charge >= 0.3 is 5.97 Å². The zero-order valence-corrected chi connectivity index (χ0v) is 10.9. The molecule has 0 unspecified atom stereocenters. The fraction of sp³-hybridized carbons (Fsp3) is 0.154. The summed E-state index contributed by atoms with van der Waals surface area (Å²) in [5.74, 6) is -0.297. The Kier molecular flexibility index (Phi) is 3.25. The van der Waals surface area contributed by atoms with Crippen molar-refractivity contribution in [1.82, 2.24) is 0 Å². The molecular formula is C13H13NO3S. The molecule has 18 heavy (non-hydrogen) atoms. The summed E-state index contributed by atoms with van der Waals surface area (Å²) in [6.07, 6.45) is 0. The lowest BCUT2D eigenvalue weighted by Crippen LogP contribution is -1.96. The van der Waals surface area contributed by atoms with Crippen molar-refractivity contribution in [3.05, 3.63) is 34.7 Å². The van der Waals surface area contributed by atoms with Crippen LogP contribution in [0, 0.1) is 6.92 Å². The Hall–Kier alpha value is -2.01. The van der Waals surface area contributed by atoms with Gasteiger partial charge in [0.25, 0.3) is 0 Å². The number of thiophene rings is 1. The van der Waals surface area contributed by atoms with Crippen LogP contribution in [-0.4, -0.2) is 18.2 Å². The van der Waals surface area contributed by atoms with E-state index in [-0.39, 0.29) is 10.6 Å². The molecule has 5 heteroatoms. The number of methoxy groups -OCH3 is 1. The average molecular weight is 263 g/mol. The summed E-state index contributed by atoms with van der Waals surface area (Å²) in [6, 6.07) is 7.43. The van der Waals surface area contributed by atoms with Crippen LogP contribution < -0.4 is 10.5 Å². The predicted molar refractivity (Wildman–Crippen MR) is 72.4 cm³/mol. The van der Waals surface area contributed by atoms with Crippen LogP contribution in [0.15, 0.2) is 24.3 Å². The fourth-order valence-corrected chi connectivity index (χ4v) is 2.66. The van der Waals surface area contributed by atoms with Gasteiger partial charge in [-0.05, 0) is 25.1 Å². The minimum Gasteiger partial charge on any atom is -0.496 e. The Labute approximate surface area is 109 Å². The van der Waals surface area contributed by atoms with Gasteiger partial charge in [-0.1, -0.05) is 11.6 Å². The van der Waals surface area contributed by atoms with Gasteiger partial charge in [-0.2, -0.15) is 0 Å². The van der Waals surface area contributed by atoms with Crippen molar-refractivity contribution < 1.29 is 14.6 Å². The summed E-state index contributed by atoms with van der Waals surface area (Å²) in [5, 5.41) is 9.01. The molecule has 0 amide bonds. The van der Waals surface area contributed by atoms with Crippen LogP contribution in [0.4, 0.5) is 5.69 Å². The summed E-state index contributed by atoms with van der Waals surface area (Å²) >= 11 is 1.15.